The first kappa shape index (κ1) is 28.3. The van der Waals surface area contributed by atoms with Crippen LogP contribution in [0.2, 0.25) is 0 Å². The summed E-state index contributed by atoms with van der Waals surface area (Å²) < 4.78 is 25.3. The quantitative estimate of drug-likeness (QED) is 0.543. The number of methoxy groups -OCH3 is 1. The third kappa shape index (κ3) is 7.02. The van der Waals surface area contributed by atoms with E-state index in [9.17, 15) is 19.4 Å². The molecule has 0 aliphatic carbocycles. The summed E-state index contributed by atoms with van der Waals surface area (Å²) in [4.78, 5) is 18.3. The number of β-amino-alcohol motifs (C(OH)–C–C–N with tert-alkyl or cyclic N) is 2. The first-order valence-electron chi connectivity index (χ1n) is 13.2. The Kier molecular flexibility index (Phi) is 8.92. The number of anilines is 1. The second-order valence-electron chi connectivity index (χ2n) is 10.9. The van der Waals surface area contributed by atoms with E-state index < -0.39 is 11.2 Å². The smallest absolute Gasteiger partial charge is 0.248 e. The molecule has 1 atom stereocenters. The number of halogens is 1. The third-order valence-corrected chi connectivity index (χ3v) is 7.70. The molecule has 1 amide bonds. The number of aryl methyl sites for hydroxylation is 2. The summed E-state index contributed by atoms with van der Waals surface area (Å²) in [6, 6.07) is 12.5. The molecule has 0 saturated carbocycles. The van der Waals surface area contributed by atoms with Crippen LogP contribution in [0.3, 0.4) is 0 Å². The van der Waals surface area contributed by atoms with E-state index in [-0.39, 0.29) is 38.0 Å². The maximum absolute atomic E-state index is 14.3. The molecule has 0 radical (unpaired) electrons. The zero-order valence-corrected chi connectivity index (χ0v) is 22.7. The van der Waals surface area contributed by atoms with E-state index in [2.05, 4.69) is 0 Å². The number of amides is 1. The van der Waals surface area contributed by atoms with Crippen LogP contribution in [0.4, 0.5) is 10.1 Å². The lowest BCUT2D eigenvalue weighted by atomic mass is 9.90. The van der Waals surface area contributed by atoms with Crippen LogP contribution in [-0.2, 0) is 9.53 Å². The van der Waals surface area contributed by atoms with Crippen molar-refractivity contribution < 1.29 is 28.9 Å². The molecule has 38 heavy (non-hydrogen) atoms. The number of benzene rings is 2. The van der Waals surface area contributed by atoms with Crippen molar-refractivity contribution in [2.24, 2.45) is 0 Å². The predicted octanol–water partition coefficient (Wildman–Crippen LogP) is 2.37. The van der Waals surface area contributed by atoms with Crippen LogP contribution < -0.4 is 9.64 Å². The number of carbonyl (C=O) groups excluding carboxylic acids is 1. The summed E-state index contributed by atoms with van der Waals surface area (Å²) in [7, 11) is 1.47. The van der Waals surface area contributed by atoms with Crippen LogP contribution in [0.25, 0.3) is 0 Å². The molecule has 2 saturated heterocycles. The van der Waals surface area contributed by atoms with Gasteiger partial charge in [-0.1, -0.05) is 18.2 Å². The van der Waals surface area contributed by atoms with Gasteiger partial charge < -0.3 is 29.5 Å². The van der Waals surface area contributed by atoms with E-state index in [0.717, 1.165) is 11.1 Å². The van der Waals surface area contributed by atoms with Crippen LogP contribution in [0.5, 0.6) is 5.75 Å². The maximum atomic E-state index is 14.3. The fraction of sp³-hybridized carbons (Fsp3) is 0.552. The molecule has 9 heteroatoms. The van der Waals surface area contributed by atoms with E-state index in [0.29, 0.717) is 57.0 Å². The minimum atomic E-state index is -1.34. The second kappa shape index (κ2) is 12.0. The number of hydrogen-bond acceptors (Lipinski definition) is 7. The van der Waals surface area contributed by atoms with Crippen LogP contribution in [0.15, 0.2) is 42.5 Å². The highest BCUT2D eigenvalue weighted by atomic mass is 19.1. The van der Waals surface area contributed by atoms with E-state index in [4.69, 9.17) is 9.47 Å². The van der Waals surface area contributed by atoms with Gasteiger partial charge in [-0.2, -0.15) is 0 Å². The third-order valence-electron chi connectivity index (χ3n) is 7.70. The van der Waals surface area contributed by atoms with Gasteiger partial charge in [-0.05, 0) is 62.1 Å². The van der Waals surface area contributed by atoms with Gasteiger partial charge in [0.15, 0.2) is 0 Å². The Hall–Kier alpha value is -2.72. The Labute approximate surface area is 224 Å². The highest BCUT2D eigenvalue weighted by Gasteiger charge is 2.41. The Morgan fingerprint density at radius 1 is 0.974 bits per heavy atom. The molecule has 1 unspecified atom stereocenters. The zero-order valence-electron chi connectivity index (χ0n) is 22.7. The summed E-state index contributed by atoms with van der Waals surface area (Å²) in [6.07, 6.45) is 0.948. The monoisotopic (exact) mass is 529 g/mol. The van der Waals surface area contributed by atoms with Crippen molar-refractivity contribution in [2.75, 3.05) is 71.0 Å². The molecule has 2 heterocycles. The molecule has 2 aromatic carbocycles. The predicted molar refractivity (Wildman–Crippen MR) is 144 cm³/mol. The summed E-state index contributed by atoms with van der Waals surface area (Å²) >= 11 is 0. The SMILES string of the molecule is COCC(=O)N1CCN(CC2(O)CCN(c3ccccc3F)CC2)CC(O)(COc2ccc(C)c(C)c2)C1. The molecule has 2 fully saturated rings. The van der Waals surface area contributed by atoms with Gasteiger partial charge in [-0.25, -0.2) is 4.39 Å². The highest BCUT2D eigenvalue weighted by Crippen LogP contribution is 2.30. The molecule has 2 aliphatic rings. The molecule has 2 aliphatic heterocycles. The number of para-hydroxylation sites is 1. The number of ether oxygens (including phenoxy) is 2. The molecular weight excluding hydrogens is 489 g/mol. The average Bonchev–Trinajstić information content (AvgIpc) is 3.04. The minimum Gasteiger partial charge on any atom is -0.490 e. The normalized spacial score (nSPS) is 22.3. The molecular formula is C29H40FN3O5. The Morgan fingerprint density at radius 3 is 2.39 bits per heavy atom. The number of nitrogens with zero attached hydrogens (tertiary/aromatic N) is 3. The van der Waals surface area contributed by atoms with Gasteiger partial charge in [-0.15, -0.1) is 0 Å². The summed E-state index contributed by atoms with van der Waals surface area (Å²) in [5, 5.41) is 23.2. The van der Waals surface area contributed by atoms with E-state index in [1.807, 2.05) is 47.9 Å². The van der Waals surface area contributed by atoms with Crippen molar-refractivity contribution >= 4 is 11.6 Å². The molecule has 2 aromatic rings. The Balaban J connectivity index is 1.44. The van der Waals surface area contributed by atoms with Crippen molar-refractivity contribution in [3.05, 3.63) is 59.4 Å². The number of aliphatic hydroxyl groups is 2. The van der Waals surface area contributed by atoms with Gasteiger partial charge in [0.1, 0.15) is 30.4 Å². The van der Waals surface area contributed by atoms with E-state index >= 15 is 0 Å². The molecule has 0 spiro atoms. The van der Waals surface area contributed by atoms with Crippen LogP contribution in [-0.4, -0.2) is 103 Å². The molecule has 4 rings (SSSR count). The second-order valence-corrected chi connectivity index (χ2v) is 10.9. The molecule has 8 nitrogen and oxygen atoms in total. The lowest BCUT2D eigenvalue weighted by Crippen LogP contribution is -2.56. The molecule has 2 N–H and O–H groups in total. The fourth-order valence-corrected chi connectivity index (χ4v) is 5.36. The molecule has 208 valence electrons. The fourth-order valence-electron chi connectivity index (χ4n) is 5.36. The minimum absolute atomic E-state index is 0.00224. The van der Waals surface area contributed by atoms with Crippen molar-refractivity contribution in [1.82, 2.24) is 9.80 Å². The summed E-state index contributed by atoms with van der Waals surface area (Å²) in [6.45, 7) is 6.64. The van der Waals surface area contributed by atoms with Crippen LogP contribution in [0.1, 0.15) is 24.0 Å². The first-order valence-corrected chi connectivity index (χ1v) is 13.2. The van der Waals surface area contributed by atoms with Crippen molar-refractivity contribution in [1.29, 1.82) is 0 Å². The highest BCUT2D eigenvalue weighted by molar-refractivity contribution is 5.77. The largest absolute Gasteiger partial charge is 0.490 e. The van der Waals surface area contributed by atoms with Crippen molar-refractivity contribution in [2.45, 2.75) is 37.9 Å². The zero-order chi connectivity index (χ0) is 27.3. The lowest BCUT2D eigenvalue weighted by Gasteiger charge is -2.42. The maximum Gasteiger partial charge on any atom is 0.248 e. The molecule has 0 aromatic heterocycles. The van der Waals surface area contributed by atoms with Gasteiger partial charge >= 0.3 is 0 Å². The lowest BCUT2D eigenvalue weighted by molar-refractivity contribution is -0.138. The van der Waals surface area contributed by atoms with E-state index in [1.54, 1.807) is 17.0 Å². The van der Waals surface area contributed by atoms with Crippen LogP contribution >= 0.6 is 0 Å². The van der Waals surface area contributed by atoms with E-state index in [1.165, 1.54) is 13.2 Å². The van der Waals surface area contributed by atoms with Crippen LogP contribution in [0, 0.1) is 19.7 Å². The number of piperidine rings is 1. The van der Waals surface area contributed by atoms with Gasteiger partial charge in [0, 0.05) is 46.4 Å². The Bertz CT molecular complexity index is 1110. The topological polar surface area (TPSA) is 85.7 Å². The Morgan fingerprint density at radius 2 is 1.71 bits per heavy atom. The summed E-state index contributed by atoms with van der Waals surface area (Å²) in [5.41, 5.74) is 0.473. The van der Waals surface area contributed by atoms with Gasteiger partial charge in [0.05, 0.1) is 17.8 Å². The first-order chi connectivity index (χ1) is 18.1. The van der Waals surface area contributed by atoms with Crippen molar-refractivity contribution in [3.63, 3.8) is 0 Å². The molecule has 0 bridgehead atoms. The van der Waals surface area contributed by atoms with Crippen molar-refractivity contribution in [3.8, 4) is 5.75 Å². The number of hydrogen-bond donors (Lipinski definition) is 2. The summed E-state index contributed by atoms with van der Waals surface area (Å²) in [5.74, 6) is 0.196. The average molecular weight is 530 g/mol. The number of carbonyl (C=O) groups is 1. The standard InChI is InChI=1S/C29H40FN3O5/c1-22-8-9-24(16-23(22)2)38-21-29(36)19-31(14-15-33(20-29)27(34)17-37-3)18-28(35)10-12-32(13-11-28)26-7-5-4-6-25(26)30/h4-9,16,35-36H,10-15,17-21H2,1-3H3. The van der Waals surface area contributed by atoms with Gasteiger partial charge in [0.25, 0.3) is 0 Å². The van der Waals surface area contributed by atoms with Gasteiger partial charge in [-0.3, -0.25) is 9.69 Å². The van der Waals surface area contributed by atoms with Gasteiger partial charge in [0.2, 0.25) is 5.91 Å². The number of rotatable bonds is 8.